The Balaban J connectivity index is 1.59. The second-order valence-electron chi connectivity index (χ2n) is 6.59. The molecule has 25 heavy (non-hydrogen) atoms. The van der Waals surface area contributed by atoms with Crippen molar-refractivity contribution in [1.82, 2.24) is 9.88 Å². The monoisotopic (exact) mass is 340 g/mol. The molecule has 2 aromatic rings. The van der Waals surface area contributed by atoms with E-state index < -0.39 is 5.60 Å². The first kappa shape index (κ1) is 17.4. The molecule has 0 bridgehead atoms. The summed E-state index contributed by atoms with van der Waals surface area (Å²) in [6, 6.07) is 11.7. The minimum atomic E-state index is -0.447. The fourth-order valence-electron chi connectivity index (χ4n) is 3.11. The average molecular weight is 340 g/mol. The Kier molecular flexibility index (Phi) is 5.34. The molecular formula is C20H24N2O3. The molecule has 1 fully saturated rings. The zero-order chi connectivity index (χ0) is 17.7. The number of ether oxygens (including phenoxy) is 2. The predicted molar refractivity (Wildman–Crippen MR) is 95.6 cm³/mol. The first-order valence-corrected chi connectivity index (χ1v) is 8.51. The van der Waals surface area contributed by atoms with Crippen LogP contribution in [0.4, 0.5) is 0 Å². The number of carbonyl (C=O) groups is 1. The minimum absolute atomic E-state index is 0.112. The molecule has 0 aliphatic carbocycles. The lowest BCUT2D eigenvalue weighted by Crippen LogP contribution is -2.42. The standard InChI is InChI=1S/C20H24N2O3/c1-16-4-3-5-18(12-16)25-15-20(24-2)8-11-22(14-20)19(23)13-17-6-9-21-10-7-17/h3-7,9-10,12H,8,11,13-15H2,1-2H3/t20-/m0/s1. The third kappa shape index (κ3) is 4.37. The highest BCUT2D eigenvalue weighted by Gasteiger charge is 2.41. The van der Waals surface area contributed by atoms with Crippen molar-refractivity contribution in [2.45, 2.75) is 25.4 Å². The number of nitrogens with zero attached hydrogens (tertiary/aromatic N) is 2. The fraction of sp³-hybridized carbons (Fsp3) is 0.400. The molecule has 0 saturated carbocycles. The first-order chi connectivity index (χ1) is 12.1. The number of methoxy groups -OCH3 is 1. The molecule has 5 heteroatoms. The van der Waals surface area contributed by atoms with Crippen LogP contribution in [-0.2, 0) is 16.0 Å². The van der Waals surface area contributed by atoms with Gasteiger partial charge in [-0.3, -0.25) is 9.78 Å². The van der Waals surface area contributed by atoms with Crippen LogP contribution in [0.25, 0.3) is 0 Å². The van der Waals surface area contributed by atoms with Gasteiger partial charge in [-0.15, -0.1) is 0 Å². The van der Waals surface area contributed by atoms with E-state index in [9.17, 15) is 4.79 Å². The van der Waals surface area contributed by atoms with Crippen LogP contribution in [0, 0.1) is 6.92 Å². The Labute approximate surface area is 148 Å². The summed E-state index contributed by atoms with van der Waals surface area (Å²) in [6.07, 6.45) is 4.59. The van der Waals surface area contributed by atoms with Crippen molar-refractivity contribution in [3.63, 3.8) is 0 Å². The van der Waals surface area contributed by atoms with Crippen molar-refractivity contribution >= 4 is 5.91 Å². The van der Waals surface area contributed by atoms with E-state index in [1.807, 2.05) is 48.2 Å². The number of hydrogen-bond donors (Lipinski definition) is 0. The number of carbonyl (C=O) groups excluding carboxylic acids is 1. The zero-order valence-electron chi connectivity index (χ0n) is 14.8. The van der Waals surface area contributed by atoms with E-state index in [0.717, 1.165) is 23.3 Å². The minimum Gasteiger partial charge on any atom is -0.491 e. The Hall–Kier alpha value is -2.40. The van der Waals surface area contributed by atoms with Crippen LogP contribution in [0.1, 0.15) is 17.5 Å². The summed E-state index contributed by atoms with van der Waals surface area (Å²) in [6.45, 7) is 3.72. The van der Waals surface area contributed by atoms with Crippen LogP contribution in [0.5, 0.6) is 5.75 Å². The number of rotatable bonds is 6. The van der Waals surface area contributed by atoms with Crippen LogP contribution in [0.15, 0.2) is 48.8 Å². The van der Waals surface area contributed by atoms with Crippen LogP contribution in [0.3, 0.4) is 0 Å². The van der Waals surface area contributed by atoms with E-state index in [1.54, 1.807) is 19.5 Å². The summed E-state index contributed by atoms with van der Waals surface area (Å²) < 4.78 is 11.7. The number of aryl methyl sites for hydroxylation is 1. The number of aromatic nitrogens is 1. The van der Waals surface area contributed by atoms with Gasteiger partial charge in [-0.2, -0.15) is 0 Å². The third-order valence-electron chi connectivity index (χ3n) is 4.70. The molecule has 3 rings (SSSR count). The topological polar surface area (TPSA) is 51.7 Å². The van der Waals surface area contributed by atoms with Gasteiger partial charge in [0.15, 0.2) is 0 Å². The molecule has 0 N–H and O–H groups in total. The number of amides is 1. The van der Waals surface area contributed by atoms with Gasteiger partial charge in [0.05, 0.1) is 13.0 Å². The van der Waals surface area contributed by atoms with Crippen molar-refractivity contribution in [2.24, 2.45) is 0 Å². The number of hydrogen-bond acceptors (Lipinski definition) is 4. The molecule has 1 amide bonds. The van der Waals surface area contributed by atoms with E-state index >= 15 is 0 Å². The first-order valence-electron chi connectivity index (χ1n) is 8.51. The molecule has 132 valence electrons. The van der Waals surface area contributed by atoms with E-state index in [1.165, 1.54) is 0 Å². The van der Waals surface area contributed by atoms with E-state index in [4.69, 9.17) is 9.47 Å². The summed E-state index contributed by atoms with van der Waals surface area (Å²) in [4.78, 5) is 18.4. The number of benzene rings is 1. The molecular weight excluding hydrogens is 316 g/mol. The normalized spacial score (nSPS) is 19.8. The van der Waals surface area contributed by atoms with Gasteiger partial charge in [-0.05, 0) is 48.7 Å². The van der Waals surface area contributed by atoms with E-state index in [0.29, 0.717) is 26.1 Å². The largest absolute Gasteiger partial charge is 0.491 e. The summed E-state index contributed by atoms with van der Waals surface area (Å²) in [5.41, 5.74) is 1.69. The molecule has 0 radical (unpaired) electrons. The average Bonchev–Trinajstić information content (AvgIpc) is 3.06. The van der Waals surface area contributed by atoms with Crippen LogP contribution < -0.4 is 4.74 Å². The Morgan fingerprint density at radius 2 is 2.08 bits per heavy atom. The lowest BCUT2D eigenvalue weighted by molar-refractivity contribution is -0.131. The van der Waals surface area contributed by atoms with Gasteiger partial charge in [0, 0.05) is 26.0 Å². The maximum atomic E-state index is 12.5. The summed E-state index contributed by atoms with van der Waals surface area (Å²) in [7, 11) is 1.69. The quantitative estimate of drug-likeness (QED) is 0.811. The molecule has 5 nitrogen and oxygen atoms in total. The summed E-state index contributed by atoms with van der Waals surface area (Å²) in [5.74, 6) is 0.943. The second kappa shape index (κ2) is 7.66. The van der Waals surface area contributed by atoms with Gasteiger partial charge >= 0.3 is 0 Å². The molecule has 1 saturated heterocycles. The Morgan fingerprint density at radius 3 is 2.80 bits per heavy atom. The van der Waals surface area contributed by atoms with Gasteiger partial charge in [-0.1, -0.05) is 12.1 Å². The lowest BCUT2D eigenvalue weighted by atomic mass is 10.0. The van der Waals surface area contributed by atoms with Crippen molar-refractivity contribution < 1.29 is 14.3 Å². The van der Waals surface area contributed by atoms with Crippen molar-refractivity contribution in [2.75, 3.05) is 26.8 Å². The lowest BCUT2D eigenvalue weighted by Gasteiger charge is -2.28. The number of likely N-dealkylation sites (tertiary alicyclic amines) is 1. The predicted octanol–water partition coefficient (Wildman–Crippen LogP) is 2.63. The second-order valence-corrected chi connectivity index (χ2v) is 6.59. The highest BCUT2D eigenvalue weighted by molar-refractivity contribution is 5.79. The molecule has 2 heterocycles. The molecule has 1 aliphatic heterocycles. The maximum Gasteiger partial charge on any atom is 0.227 e. The Bertz CT molecular complexity index is 720. The molecule has 0 unspecified atom stereocenters. The third-order valence-corrected chi connectivity index (χ3v) is 4.70. The summed E-state index contributed by atoms with van der Waals surface area (Å²) >= 11 is 0. The van der Waals surface area contributed by atoms with Crippen molar-refractivity contribution in [1.29, 1.82) is 0 Å². The fourth-order valence-corrected chi connectivity index (χ4v) is 3.11. The number of pyridine rings is 1. The van der Waals surface area contributed by atoms with Crippen molar-refractivity contribution in [3.05, 3.63) is 59.9 Å². The van der Waals surface area contributed by atoms with Crippen molar-refractivity contribution in [3.8, 4) is 5.75 Å². The van der Waals surface area contributed by atoms with Gasteiger partial charge in [-0.25, -0.2) is 0 Å². The SMILES string of the molecule is CO[C@@]1(COc2cccc(C)c2)CCN(C(=O)Cc2ccncc2)C1. The maximum absolute atomic E-state index is 12.5. The molecule has 0 spiro atoms. The highest BCUT2D eigenvalue weighted by atomic mass is 16.5. The van der Waals surface area contributed by atoms with E-state index in [-0.39, 0.29) is 5.91 Å². The van der Waals surface area contributed by atoms with Gasteiger partial charge in [0.1, 0.15) is 18.0 Å². The van der Waals surface area contributed by atoms with E-state index in [2.05, 4.69) is 4.98 Å². The van der Waals surface area contributed by atoms with Crippen LogP contribution in [0.2, 0.25) is 0 Å². The van der Waals surface area contributed by atoms with Crippen LogP contribution >= 0.6 is 0 Å². The van der Waals surface area contributed by atoms with Gasteiger partial charge in [0.2, 0.25) is 5.91 Å². The van der Waals surface area contributed by atoms with Gasteiger partial charge < -0.3 is 14.4 Å². The molecule has 1 aliphatic rings. The van der Waals surface area contributed by atoms with Crippen LogP contribution in [-0.4, -0.2) is 48.2 Å². The summed E-state index contributed by atoms with van der Waals surface area (Å²) in [5, 5.41) is 0. The molecule has 1 atom stereocenters. The highest BCUT2D eigenvalue weighted by Crippen LogP contribution is 2.27. The zero-order valence-corrected chi connectivity index (χ0v) is 14.8. The Morgan fingerprint density at radius 1 is 1.28 bits per heavy atom. The molecule has 1 aromatic heterocycles. The molecule has 1 aromatic carbocycles. The smallest absolute Gasteiger partial charge is 0.227 e. The van der Waals surface area contributed by atoms with Gasteiger partial charge in [0.25, 0.3) is 0 Å².